The predicted octanol–water partition coefficient (Wildman–Crippen LogP) is -5.61. The molecule has 8 unspecified atom stereocenters. The molecule has 14 heteroatoms. The number of likely N-dealkylation sites (N-methyl/N-ethyl adjacent to an activating group) is 1. The highest BCUT2D eigenvalue weighted by Crippen LogP contribution is 2.32. The van der Waals surface area contributed by atoms with Crippen molar-refractivity contribution in [1.29, 1.82) is 0 Å². The summed E-state index contributed by atoms with van der Waals surface area (Å²) in [6.07, 6.45) is -12.4. The van der Waals surface area contributed by atoms with E-state index < -0.39 is 91.2 Å². The molecule has 0 aromatic heterocycles. The number of aliphatic hydroxyl groups excluding tert-OH is 5. The minimum atomic E-state index is -1.46. The molecule has 14 nitrogen and oxygen atoms in total. The molecule has 0 bridgehead atoms. The van der Waals surface area contributed by atoms with Gasteiger partial charge in [-0.25, -0.2) is 0 Å². The number of ether oxygens (including phenoxy) is 4. The zero-order valence-electron chi connectivity index (χ0n) is 19.5. The van der Waals surface area contributed by atoms with E-state index in [9.17, 15) is 30.6 Å². The second-order valence-corrected chi connectivity index (χ2v) is 9.82. The average molecular weight is 497 g/mol. The van der Waals surface area contributed by atoms with Gasteiger partial charge < -0.3 is 72.1 Å². The first-order valence-corrected chi connectivity index (χ1v) is 11.4. The topological polar surface area (TPSA) is 248 Å². The van der Waals surface area contributed by atoms with Crippen molar-refractivity contribution >= 4 is 0 Å². The van der Waals surface area contributed by atoms with Gasteiger partial charge in [-0.1, -0.05) is 0 Å². The molecule has 3 fully saturated rings. The van der Waals surface area contributed by atoms with Crippen molar-refractivity contribution in [2.45, 2.75) is 111 Å². The molecule has 0 radical (unpaired) electrons. The van der Waals surface area contributed by atoms with Gasteiger partial charge in [0.2, 0.25) is 0 Å². The van der Waals surface area contributed by atoms with Crippen molar-refractivity contribution < 1.29 is 49.6 Å². The zero-order valence-corrected chi connectivity index (χ0v) is 19.5. The van der Waals surface area contributed by atoms with Crippen LogP contribution in [0.1, 0.15) is 20.3 Å². The third-order valence-corrected chi connectivity index (χ3v) is 6.95. The largest absolute Gasteiger partial charge is 0.391 e. The van der Waals surface area contributed by atoms with Gasteiger partial charge in [0, 0.05) is 12.1 Å². The highest BCUT2D eigenvalue weighted by atomic mass is 16.7. The molecule has 2 aliphatic heterocycles. The molecular weight excluding hydrogens is 456 g/mol. The fraction of sp³-hybridized carbons (Fsp3) is 1.00. The second-order valence-electron chi connectivity index (χ2n) is 9.82. The van der Waals surface area contributed by atoms with Gasteiger partial charge in [0.15, 0.2) is 12.6 Å². The van der Waals surface area contributed by atoms with E-state index in [0.29, 0.717) is 0 Å². The first-order valence-electron chi connectivity index (χ1n) is 11.4. The van der Waals surface area contributed by atoms with Crippen molar-refractivity contribution in [2.75, 3.05) is 13.7 Å². The van der Waals surface area contributed by atoms with Gasteiger partial charge in [0.05, 0.1) is 24.8 Å². The summed E-state index contributed by atoms with van der Waals surface area (Å²) in [4.78, 5) is 0. The first kappa shape index (κ1) is 28.0. The number of hydrogen-bond acceptors (Lipinski definition) is 14. The molecule has 34 heavy (non-hydrogen) atoms. The van der Waals surface area contributed by atoms with Crippen LogP contribution in [0.4, 0.5) is 0 Å². The van der Waals surface area contributed by atoms with Crippen LogP contribution in [-0.2, 0) is 18.9 Å². The third-order valence-electron chi connectivity index (χ3n) is 6.95. The van der Waals surface area contributed by atoms with Gasteiger partial charge in [0.25, 0.3) is 0 Å². The standard InChI is InChI=1S/C20H40N4O10/c1-6(25)14-11(27)10(26)9(23)18(32-14)33-15-7(21)4-8(22)16(12(15)28)34-19-13(29)17(24-3)20(2,30)5-31-19/h6-19,24-30H,4-5,21-23H2,1-3H3/t6?,7?,8-,9?,10?,11+,12?,13-,14?,15-,16-,17?,18-,19?,20+/m1/s1. The maximum Gasteiger partial charge on any atom is 0.185 e. The van der Waals surface area contributed by atoms with E-state index in [1.807, 2.05) is 0 Å². The van der Waals surface area contributed by atoms with E-state index >= 15 is 0 Å². The maximum absolute atomic E-state index is 11.1. The molecule has 2 heterocycles. The van der Waals surface area contributed by atoms with Crippen LogP contribution < -0.4 is 22.5 Å². The summed E-state index contributed by atoms with van der Waals surface area (Å²) in [5.41, 5.74) is 17.0. The van der Waals surface area contributed by atoms with E-state index in [1.54, 1.807) is 7.05 Å². The van der Waals surface area contributed by atoms with E-state index in [4.69, 9.17) is 36.1 Å². The highest BCUT2D eigenvalue weighted by Gasteiger charge is 2.52. The minimum Gasteiger partial charge on any atom is -0.391 e. The summed E-state index contributed by atoms with van der Waals surface area (Å²) < 4.78 is 22.8. The number of hydrogen-bond donors (Lipinski definition) is 10. The molecule has 13 N–H and O–H groups in total. The number of rotatable bonds is 6. The van der Waals surface area contributed by atoms with Crippen molar-refractivity contribution in [1.82, 2.24) is 5.32 Å². The van der Waals surface area contributed by atoms with Crippen molar-refractivity contribution in [3.63, 3.8) is 0 Å². The summed E-state index contributed by atoms with van der Waals surface area (Å²) in [7, 11) is 1.58. The van der Waals surface area contributed by atoms with Crippen LogP contribution in [0.25, 0.3) is 0 Å². The molecule has 3 rings (SSSR count). The van der Waals surface area contributed by atoms with Crippen LogP contribution in [0.5, 0.6) is 0 Å². The molecule has 1 saturated carbocycles. The normalized spacial score (nSPS) is 53.5. The van der Waals surface area contributed by atoms with Gasteiger partial charge in [-0.05, 0) is 27.3 Å². The molecule has 1 aliphatic carbocycles. The summed E-state index contributed by atoms with van der Waals surface area (Å²) in [5.74, 6) is 0. The lowest BCUT2D eigenvalue weighted by Crippen LogP contribution is -2.69. The Kier molecular flexibility index (Phi) is 8.92. The van der Waals surface area contributed by atoms with Gasteiger partial charge >= 0.3 is 0 Å². The van der Waals surface area contributed by atoms with Crippen molar-refractivity contribution in [3.8, 4) is 0 Å². The van der Waals surface area contributed by atoms with Crippen LogP contribution in [-0.4, -0.2) is 135 Å². The molecular formula is C20H40N4O10. The molecule has 200 valence electrons. The van der Waals surface area contributed by atoms with Gasteiger partial charge in [-0.2, -0.15) is 0 Å². The molecule has 0 amide bonds. The third kappa shape index (κ3) is 5.40. The lowest BCUT2D eigenvalue weighted by Gasteiger charge is -2.49. The SMILES string of the molecule is CNC1[C@@H](O)C(O[C@H]2C(O)[C@H](O[C@H]3OC(C(C)O)[C@@H](O)C(O)C3N)C(N)C[C@H]2N)OC[C@]1(C)O. The van der Waals surface area contributed by atoms with E-state index in [-0.39, 0.29) is 13.0 Å². The number of nitrogens with two attached hydrogens (primary N) is 3. The van der Waals surface area contributed by atoms with E-state index in [2.05, 4.69) is 5.32 Å². The summed E-state index contributed by atoms with van der Waals surface area (Å²) in [5, 5.41) is 65.2. The summed E-state index contributed by atoms with van der Waals surface area (Å²) >= 11 is 0. The zero-order chi connectivity index (χ0) is 25.5. The van der Waals surface area contributed by atoms with E-state index in [1.165, 1.54) is 13.8 Å². The monoisotopic (exact) mass is 496 g/mol. The lowest BCUT2D eigenvalue weighted by atomic mass is 9.84. The van der Waals surface area contributed by atoms with Crippen LogP contribution >= 0.6 is 0 Å². The molecule has 0 aromatic rings. The first-order chi connectivity index (χ1) is 15.8. The van der Waals surface area contributed by atoms with Crippen molar-refractivity contribution in [3.05, 3.63) is 0 Å². The Balaban J connectivity index is 1.73. The van der Waals surface area contributed by atoms with E-state index in [0.717, 1.165) is 0 Å². The van der Waals surface area contributed by atoms with Gasteiger partial charge in [-0.3, -0.25) is 0 Å². The van der Waals surface area contributed by atoms with Crippen LogP contribution in [0.2, 0.25) is 0 Å². The molecule has 0 aromatic carbocycles. The predicted molar refractivity (Wildman–Crippen MR) is 116 cm³/mol. The fourth-order valence-electron chi connectivity index (χ4n) is 4.95. The summed E-state index contributed by atoms with van der Waals surface area (Å²) in [6, 6.07) is -3.47. The maximum atomic E-state index is 11.1. The number of aliphatic hydroxyl groups is 6. The Bertz CT molecular complexity index is 675. The van der Waals surface area contributed by atoms with Crippen LogP contribution in [0.15, 0.2) is 0 Å². The molecule has 3 aliphatic rings. The average Bonchev–Trinajstić information content (AvgIpc) is 2.75. The molecule has 15 atom stereocenters. The Morgan fingerprint density at radius 1 is 0.941 bits per heavy atom. The Labute approximate surface area is 197 Å². The van der Waals surface area contributed by atoms with Crippen LogP contribution in [0, 0.1) is 0 Å². The highest BCUT2D eigenvalue weighted by molar-refractivity contribution is 5.02. The Morgan fingerprint density at radius 2 is 1.50 bits per heavy atom. The van der Waals surface area contributed by atoms with Gasteiger partial charge in [-0.15, -0.1) is 0 Å². The van der Waals surface area contributed by atoms with Crippen LogP contribution in [0.3, 0.4) is 0 Å². The smallest absolute Gasteiger partial charge is 0.185 e. The fourth-order valence-corrected chi connectivity index (χ4v) is 4.95. The Hall–Kier alpha value is -0.560. The molecule has 2 saturated heterocycles. The van der Waals surface area contributed by atoms with Crippen molar-refractivity contribution in [2.24, 2.45) is 17.2 Å². The van der Waals surface area contributed by atoms with Gasteiger partial charge in [0.1, 0.15) is 48.3 Å². The Morgan fingerprint density at radius 3 is 2.03 bits per heavy atom. The number of nitrogens with one attached hydrogen (secondary N) is 1. The summed E-state index contributed by atoms with van der Waals surface area (Å²) in [6.45, 7) is 2.75. The minimum absolute atomic E-state index is 0.135. The quantitative estimate of drug-likeness (QED) is 0.165. The molecule has 0 spiro atoms. The lowest BCUT2D eigenvalue weighted by molar-refractivity contribution is -0.319. The second kappa shape index (κ2) is 10.8.